The Morgan fingerprint density at radius 3 is 2.87 bits per heavy atom. The number of aromatic nitrogens is 1. The van der Waals surface area contributed by atoms with Crippen molar-refractivity contribution in [2.75, 3.05) is 13.6 Å². The summed E-state index contributed by atoms with van der Waals surface area (Å²) < 4.78 is 5.14. The van der Waals surface area contributed by atoms with Gasteiger partial charge < -0.3 is 19.8 Å². The Labute approximate surface area is 176 Å². The van der Waals surface area contributed by atoms with Crippen LogP contribution in [0.3, 0.4) is 0 Å². The van der Waals surface area contributed by atoms with Crippen molar-refractivity contribution in [3.8, 4) is 16.9 Å². The number of phenols is 1. The van der Waals surface area contributed by atoms with Crippen LogP contribution in [0, 0.1) is 0 Å². The van der Waals surface area contributed by atoms with Gasteiger partial charge in [0.1, 0.15) is 12.0 Å². The van der Waals surface area contributed by atoms with Gasteiger partial charge in [0.15, 0.2) is 5.69 Å². The molecule has 2 heterocycles. The van der Waals surface area contributed by atoms with Crippen LogP contribution in [0.25, 0.3) is 11.1 Å². The molecule has 0 atom stereocenters. The third kappa shape index (κ3) is 4.09. The molecule has 0 aliphatic carbocycles. The SMILES string of the molecule is CC(C)c1ccc(O)c(CNC(=O)c2nocc2-c2ccc3c(c2)CCN(C)C3)c1. The van der Waals surface area contributed by atoms with Crippen LogP contribution in [0.5, 0.6) is 5.75 Å². The van der Waals surface area contributed by atoms with E-state index in [-0.39, 0.29) is 23.9 Å². The maximum Gasteiger partial charge on any atom is 0.274 e. The lowest BCUT2D eigenvalue weighted by Crippen LogP contribution is -2.26. The van der Waals surface area contributed by atoms with Crippen LogP contribution in [0.15, 0.2) is 47.2 Å². The van der Waals surface area contributed by atoms with E-state index in [4.69, 9.17) is 4.52 Å². The van der Waals surface area contributed by atoms with E-state index in [0.29, 0.717) is 17.0 Å². The van der Waals surface area contributed by atoms with Gasteiger partial charge in [0.2, 0.25) is 0 Å². The number of amides is 1. The molecule has 6 nitrogen and oxygen atoms in total. The van der Waals surface area contributed by atoms with Gasteiger partial charge >= 0.3 is 0 Å². The van der Waals surface area contributed by atoms with Crippen molar-refractivity contribution in [3.63, 3.8) is 0 Å². The largest absolute Gasteiger partial charge is 0.508 e. The van der Waals surface area contributed by atoms with Crippen LogP contribution >= 0.6 is 0 Å². The van der Waals surface area contributed by atoms with Crippen molar-refractivity contribution in [2.24, 2.45) is 0 Å². The lowest BCUT2D eigenvalue weighted by molar-refractivity contribution is 0.0942. The zero-order chi connectivity index (χ0) is 21.3. The number of rotatable bonds is 5. The van der Waals surface area contributed by atoms with Crippen LogP contribution in [0.1, 0.15) is 52.5 Å². The molecule has 1 aliphatic rings. The fraction of sp³-hybridized carbons (Fsp3) is 0.333. The van der Waals surface area contributed by atoms with Gasteiger partial charge in [-0.3, -0.25) is 4.79 Å². The smallest absolute Gasteiger partial charge is 0.274 e. The lowest BCUT2D eigenvalue weighted by atomic mass is 9.95. The van der Waals surface area contributed by atoms with Gasteiger partial charge in [0.25, 0.3) is 5.91 Å². The number of hydrogen-bond acceptors (Lipinski definition) is 5. The van der Waals surface area contributed by atoms with Crippen molar-refractivity contribution in [3.05, 3.63) is 70.6 Å². The molecular weight excluding hydrogens is 378 g/mol. The molecule has 3 aromatic rings. The first-order valence-corrected chi connectivity index (χ1v) is 10.3. The number of benzene rings is 2. The molecule has 4 rings (SSSR count). The summed E-state index contributed by atoms with van der Waals surface area (Å²) in [7, 11) is 2.12. The molecule has 0 bridgehead atoms. The van der Waals surface area contributed by atoms with Crippen molar-refractivity contribution in [1.29, 1.82) is 0 Å². The van der Waals surface area contributed by atoms with E-state index in [1.165, 1.54) is 17.4 Å². The molecule has 6 heteroatoms. The van der Waals surface area contributed by atoms with Gasteiger partial charge in [-0.2, -0.15) is 0 Å². The van der Waals surface area contributed by atoms with Crippen LogP contribution in [-0.2, 0) is 19.5 Å². The number of hydrogen-bond donors (Lipinski definition) is 2. The fourth-order valence-electron chi connectivity index (χ4n) is 3.83. The number of carbonyl (C=O) groups excluding carboxylic acids is 1. The van der Waals surface area contributed by atoms with Crippen molar-refractivity contribution in [2.45, 2.75) is 39.3 Å². The quantitative estimate of drug-likeness (QED) is 0.668. The van der Waals surface area contributed by atoms with Gasteiger partial charge in [-0.15, -0.1) is 0 Å². The minimum absolute atomic E-state index is 0.166. The van der Waals surface area contributed by atoms with Crippen LogP contribution in [-0.4, -0.2) is 34.7 Å². The minimum Gasteiger partial charge on any atom is -0.508 e. The molecule has 0 radical (unpaired) electrons. The molecule has 1 amide bonds. The van der Waals surface area contributed by atoms with E-state index in [1.54, 1.807) is 6.07 Å². The third-order valence-electron chi connectivity index (χ3n) is 5.71. The highest BCUT2D eigenvalue weighted by Crippen LogP contribution is 2.28. The van der Waals surface area contributed by atoms with Crippen molar-refractivity contribution < 1.29 is 14.4 Å². The first-order chi connectivity index (χ1) is 14.4. The predicted molar refractivity (Wildman–Crippen MR) is 115 cm³/mol. The summed E-state index contributed by atoms with van der Waals surface area (Å²) in [6, 6.07) is 11.7. The number of aromatic hydroxyl groups is 1. The Morgan fingerprint density at radius 1 is 1.23 bits per heavy atom. The summed E-state index contributed by atoms with van der Waals surface area (Å²) in [6.07, 6.45) is 2.50. The molecule has 2 aromatic carbocycles. The normalized spacial score (nSPS) is 14.0. The van der Waals surface area contributed by atoms with Gasteiger partial charge in [-0.25, -0.2) is 0 Å². The molecule has 1 aromatic heterocycles. The van der Waals surface area contributed by atoms with E-state index < -0.39 is 0 Å². The zero-order valence-corrected chi connectivity index (χ0v) is 17.6. The first-order valence-electron chi connectivity index (χ1n) is 10.3. The summed E-state index contributed by atoms with van der Waals surface area (Å²) >= 11 is 0. The summed E-state index contributed by atoms with van der Waals surface area (Å²) in [5.41, 5.74) is 6.26. The Hall–Kier alpha value is -3.12. The lowest BCUT2D eigenvalue weighted by Gasteiger charge is -2.25. The Morgan fingerprint density at radius 2 is 2.07 bits per heavy atom. The standard InChI is InChI=1S/C24H27N3O3/c1-15(2)16-6-7-22(28)20(10-16)12-25-24(29)23-21(14-30-26-23)18-4-5-19-13-27(3)9-8-17(19)11-18/h4-7,10-11,14-15,28H,8-9,12-13H2,1-3H3,(H,25,29). The molecule has 0 saturated heterocycles. The van der Waals surface area contributed by atoms with E-state index in [1.807, 2.05) is 18.2 Å². The maximum absolute atomic E-state index is 12.8. The molecule has 0 unspecified atom stereocenters. The average Bonchev–Trinajstić information content (AvgIpc) is 3.22. The van der Waals surface area contributed by atoms with E-state index in [2.05, 4.69) is 48.4 Å². The molecule has 2 N–H and O–H groups in total. The number of nitrogens with one attached hydrogen (secondary N) is 1. The van der Waals surface area contributed by atoms with Gasteiger partial charge in [0, 0.05) is 25.2 Å². The van der Waals surface area contributed by atoms with Crippen LogP contribution in [0.2, 0.25) is 0 Å². The highest BCUT2D eigenvalue weighted by molar-refractivity contribution is 5.98. The second kappa shape index (κ2) is 8.32. The Balaban J connectivity index is 1.52. The van der Waals surface area contributed by atoms with Gasteiger partial charge in [0.05, 0.1) is 5.56 Å². The highest BCUT2D eigenvalue weighted by atomic mass is 16.5. The number of nitrogens with zero attached hydrogens (tertiary/aromatic N) is 2. The van der Waals surface area contributed by atoms with Crippen molar-refractivity contribution >= 4 is 5.91 Å². The minimum atomic E-state index is -0.328. The van der Waals surface area contributed by atoms with E-state index >= 15 is 0 Å². The monoisotopic (exact) mass is 405 g/mol. The zero-order valence-electron chi connectivity index (χ0n) is 17.6. The average molecular weight is 405 g/mol. The molecular formula is C24H27N3O3. The number of carbonyl (C=O) groups is 1. The molecule has 0 saturated carbocycles. The van der Waals surface area contributed by atoms with Crippen LogP contribution < -0.4 is 5.32 Å². The summed E-state index contributed by atoms with van der Waals surface area (Å²) in [6.45, 7) is 6.35. The molecule has 156 valence electrons. The first kappa shape index (κ1) is 20.2. The molecule has 0 spiro atoms. The topological polar surface area (TPSA) is 78.6 Å². The van der Waals surface area contributed by atoms with Crippen LogP contribution in [0.4, 0.5) is 0 Å². The highest BCUT2D eigenvalue weighted by Gasteiger charge is 2.20. The summed E-state index contributed by atoms with van der Waals surface area (Å²) in [4.78, 5) is 15.1. The summed E-state index contributed by atoms with van der Waals surface area (Å²) in [5, 5.41) is 16.9. The fourth-order valence-corrected chi connectivity index (χ4v) is 3.83. The summed E-state index contributed by atoms with van der Waals surface area (Å²) in [5.74, 6) is 0.177. The maximum atomic E-state index is 12.8. The third-order valence-corrected chi connectivity index (χ3v) is 5.71. The molecule has 0 fully saturated rings. The Bertz CT molecular complexity index is 1070. The second-order valence-electron chi connectivity index (χ2n) is 8.27. The van der Waals surface area contributed by atoms with E-state index in [9.17, 15) is 9.90 Å². The van der Waals surface area contributed by atoms with Crippen molar-refractivity contribution in [1.82, 2.24) is 15.4 Å². The van der Waals surface area contributed by atoms with Gasteiger partial charge in [-0.05, 0) is 47.7 Å². The predicted octanol–water partition coefficient (Wildman–Crippen LogP) is 4.09. The van der Waals surface area contributed by atoms with Gasteiger partial charge in [-0.1, -0.05) is 49.3 Å². The molecule has 1 aliphatic heterocycles. The number of fused-ring (bicyclic) bond motifs is 1. The number of likely N-dealkylation sites (N-methyl/N-ethyl adjacent to an activating group) is 1. The second-order valence-corrected chi connectivity index (χ2v) is 8.27. The Kier molecular flexibility index (Phi) is 5.59. The van der Waals surface area contributed by atoms with E-state index in [0.717, 1.165) is 30.6 Å². The molecule has 30 heavy (non-hydrogen) atoms. The number of phenolic OH excluding ortho intramolecular Hbond substituents is 1.